The van der Waals surface area contributed by atoms with E-state index in [9.17, 15) is 24.3 Å². The van der Waals surface area contributed by atoms with Gasteiger partial charge in [-0.05, 0) is 35.2 Å². The number of carboxylic acid groups (broad SMARTS) is 1. The van der Waals surface area contributed by atoms with Crippen LogP contribution in [0, 0.1) is 0 Å². The Hall–Kier alpha value is -4.20. The van der Waals surface area contributed by atoms with Gasteiger partial charge in [-0.15, -0.1) is 0 Å². The van der Waals surface area contributed by atoms with Crippen LogP contribution in [0.25, 0.3) is 10.8 Å². The molecule has 0 heterocycles. The Kier molecular flexibility index (Phi) is 8.95. The standard InChI is InChI=1S/C27H29N3O5/c1-18(26(34)28-17-21-12-7-11-20-10-5-6-13-22(20)21)29-27(35)23(16-25(32)33)30-24(31)15-14-19-8-3-2-4-9-19/h2-13,18,23H,14-17H2,1H3,(H,28,34)(H,29,35)(H,30,31)(H,32,33)/t18-,23-/m0/s1. The highest BCUT2D eigenvalue weighted by molar-refractivity contribution is 5.94. The molecule has 0 fully saturated rings. The molecule has 0 saturated heterocycles. The molecule has 2 atom stereocenters. The first kappa shape index (κ1) is 25.4. The van der Waals surface area contributed by atoms with Gasteiger partial charge in [-0.25, -0.2) is 0 Å². The first-order valence-corrected chi connectivity index (χ1v) is 11.4. The predicted octanol–water partition coefficient (Wildman–Crippen LogP) is 2.55. The Bertz CT molecular complexity index is 1190. The monoisotopic (exact) mass is 475 g/mol. The third kappa shape index (κ3) is 7.67. The van der Waals surface area contributed by atoms with Crippen molar-refractivity contribution in [2.45, 2.75) is 44.8 Å². The van der Waals surface area contributed by atoms with Crippen molar-refractivity contribution in [2.75, 3.05) is 0 Å². The van der Waals surface area contributed by atoms with Gasteiger partial charge in [0.1, 0.15) is 12.1 Å². The molecule has 0 aliphatic rings. The second kappa shape index (κ2) is 12.3. The molecule has 0 radical (unpaired) electrons. The molecule has 0 aromatic heterocycles. The third-order valence-electron chi connectivity index (χ3n) is 5.60. The van der Waals surface area contributed by atoms with E-state index in [0.29, 0.717) is 6.42 Å². The van der Waals surface area contributed by atoms with Crippen LogP contribution in [0.1, 0.15) is 30.9 Å². The molecule has 182 valence electrons. The van der Waals surface area contributed by atoms with Crippen molar-refractivity contribution in [1.82, 2.24) is 16.0 Å². The minimum atomic E-state index is -1.29. The maximum absolute atomic E-state index is 12.7. The minimum absolute atomic E-state index is 0.106. The van der Waals surface area contributed by atoms with E-state index in [4.69, 9.17) is 0 Å². The molecule has 35 heavy (non-hydrogen) atoms. The van der Waals surface area contributed by atoms with Crippen LogP contribution in [0.15, 0.2) is 72.8 Å². The normalized spacial score (nSPS) is 12.4. The van der Waals surface area contributed by atoms with Crippen molar-refractivity contribution in [3.05, 3.63) is 83.9 Å². The van der Waals surface area contributed by atoms with E-state index in [-0.39, 0.29) is 13.0 Å². The van der Waals surface area contributed by atoms with Gasteiger partial charge >= 0.3 is 5.97 Å². The van der Waals surface area contributed by atoms with Crippen LogP contribution in [0.4, 0.5) is 0 Å². The number of hydrogen-bond donors (Lipinski definition) is 4. The molecule has 0 aliphatic heterocycles. The number of fused-ring (bicyclic) bond motifs is 1. The quantitative estimate of drug-likeness (QED) is 0.339. The number of amides is 3. The van der Waals surface area contributed by atoms with Gasteiger partial charge in [-0.3, -0.25) is 19.2 Å². The SMILES string of the molecule is C[C@H](NC(=O)[C@H](CC(=O)O)NC(=O)CCc1ccccc1)C(=O)NCc1cccc2ccccc12. The summed E-state index contributed by atoms with van der Waals surface area (Å²) in [5.41, 5.74) is 1.89. The molecule has 8 heteroatoms. The number of aryl methyl sites for hydroxylation is 1. The summed E-state index contributed by atoms with van der Waals surface area (Å²) in [6, 6.07) is 20.8. The highest BCUT2D eigenvalue weighted by Crippen LogP contribution is 2.18. The van der Waals surface area contributed by atoms with Crippen molar-refractivity contribution >= 4 is 34.5 Å². The smallest absolute Gasteiger partial charge is 0.305 e. The van der Waals surface area contributed by atoms with Gasteiger partial charge in [-0.1, -0.05) is 72.8 Å². The van der Waals surface area contributed by atoms with Gasteiger partial charge in [0.25, 0.3) is 0 Å². The van der Waals surface area contributed by atoms with Crippen molar-refractivity contribution in [3.63, 3.8) is 0 Å². The van der Waals surface area contributed by atoms with E-state index < -0.39 is 42.2 Å². The maximum Gasteiger partial charge on any atom is 0.305 e. The molecule has 3 rings (SSSR count). The van der Waals surface area contributed by atoms with Gasteiger partial charge in [-0.2, -0.15) is 0 Å². The summed E-state index contributed by atoms with van der Waals surface area (Å²) in [6.45, 7) is 1.78. The summed E-state index contributed by atoms with van der Waals surface area (Å²) in [4.78, 5) is 48.9. The number of carbonyl (C=O) groups excluding carboxylic acids is 3. The summed E-state index contributed by atoms with van der Waals surface area (Å²) >= 11 is 0. The zero-order valence-corrected chi connectivity index (χ0v) is 19.5. The van der Waals surface area contributed by atoms with Crippen LogP contribution < -0.4 is 16.0 Å². The topological polar surface area (TPSA) is 125 Å². The summed E-state index contributed by atoms with van der Waals surface area (Å²) in [5.74, 6) is -2.83. The lowest BCUT2D eigenvalue weighted by molar-refractivity contribution is -0.141. The molecule has 0 bridgehead atoms. The Morgan fingerprint density at radius 1 is 0.829 bits per heavy atom. The van der Waals surface area contributed by atoms with Crippen molar-refractivity contribution in [3.8, 4) is 0 Å². The average molecular weight is 476 g/mol. The van der Waals surface area contributed by atoms with Crippen molar-refractivity contribution in [2.24, 2.45) is 0 Å². The lowest BCUT2D eigenvalue weighted by Gasteiger charge is -2.20. The summed E-state index contributed by atoms with van der Waals surface area (Å²) < 4.78 is 0. The lowest BCUT2D eigenvalue weighted by atomic mass is 10.0. The van der Waals surface area contributed by atoms with Gasteiger partial charge in [0, 0.05) is 13.0 Å². The Morgan fingerprint density at radius 3 is 2.26 bits per heavy atom. The molecule has 0 saturated carbocycles. The molecule has 0 aliphatic carbocycles. The van der Waals surface area contributed by atoms with E-state index in [1.807, 2.05) is 72.8 Å². The largest absolute Gasteiger partial charge is 0.481 e. The second-order valence-corrected chi connectivity index (χ2v) is 8.29. The molecule has 0 spiro atoms. The number of carbonyl (C=O) groups is 4. The summed E-state index contributed by atoms with van der Waals surface area (Å²) in [5, 5.41) is 19.0. The number of benzene rings is 3. The van der Waals surface area contributed by atoms with Gasteiger partial charge in [0.05, 0.1) is 6.42 Å². The molecular formula is C27H29N3O5. The first-order valence-electron chi connectivity index (χ1n) is 11.4. The third-order valence-corrected chi connectivity index (χ3v) is 5.60. The van der Waals surface area contributed by atoms with E-state index in [0.717, 1.165) is 21.9 Å². The van der Waals surface area contributed by atoms with E-state index in [2.05, 4.69) is 16.0 Å². The number of rotatable bonds is 11. The average Bonchev–Trinajstić information content (AvgIpc) is 2.85. The molecular weight excluding hydrogens is 446 g/mol. The van der Waals surface area contributed by atoms with Crippen LogP contribution in [0.5, 0.6) is 0 Å². The minimum Gasteiger partial charge on any atom is -0.481 e. The van der Waals surface area contributed by atoms with Crippen LogP contribution in [-0.4, -0.2) is 40.9 Å². The second-order valence-electron chi connectivity index (χ2n) is 8.29. The van der Waals surface area contributed by atoms with Crippen LogP contribution in [0.3, 0.4) is 0 Å². The lowest BCUT2D eigenvalue weighted by Crippen LogP contribution is -2.53. The van der Waals surface area contributed by atoms with E-state index >= 15 is 0 Å². The van der Waals surface area contributed by atoms with Crippen LogP contribution in [0.2, 0.25) is 0 Å². The van der Waals surface area contributed by atoms with Crippen molar-refractivity contribution < 1.29 is 24.3 Å². The number of carboxylic acids is 1. The molecule has 3 amide bonds. The first-order chi connectivity index (χ1) is 16.8. The zero-order valence-electron chi connectivity index (χ0n) is 19.5. The number of aliphatic carboxylic acids is 1. The predicted molar refractivity (Wildman–Crippen MR) is 132 cm³/mol. The molecule has 3 aromatic rings. The number of nitrogens with one attached hydrogen (secondary N) is 3. The molecule has 4 N–H and O–H groups in total. The maximum atomic E-state index is 12.7. The molecule has 8 nitrogen and oxygen atoms in total. The fourth-order valence-corrected chi connectivity index (χ4v) is 3.71. The van der Waals surface area contributed by atoms with Gasteiger partial charge in [0.2, 0.25) is 17.7 Å². The Labute approximate surface area is 203 Å². The number of hydrogen-bond acceptors (Lipinski definition) is 4. The Balaban J connectivity index is 1.54. The fraction of sp³-hybridized carbons (Fsp3) is 0.259. The highest BCUT2D eigenvalue weighted by Gasteiger charge is 2.26. The molecule has 0 unspecified atom stereocenters. The van der Waals surface area contributed by atoms with Crippen LogP contribution >= 0.6 is 0 Å². The zero-order chi connectivity index (χ0) is 25.2. The van der Waals surface area contributed by atoms with Crippen LogP contribution in [-0.2, 0) is 32.1 Å². The summed E-state index contributed by atoms with van der Waals surface area (Å²) in [7, 11) is 0. The highest BCUT2D eigenvalue weighted by atomic mass is 16.4. The fourth-order valence-electron chi connectivity index (χ4n) is 3.71. The van der Waals surface area contributed by atoms with Crippen molar-refractivity contribution in [1.29, 1.82) is 0 Å². The van der Waals surface area contributed by atoms with Gasteiger partial charge < -0.3 is 21.1 Å². The van der Waals surface area contributed by atoms with Gasteiger partial charge in [0.15, 0.2) is 0 Å². The Morgan fingerprint density at radius 2 is 1.51 bits per heavy atom. The molecule has 3 aromatic carbocycles. The van der Waals surface area contributed by atoms with E-state index in [1.165, 1.54) is 6.92 Å². The summed E-state index contributed by atoms with van der Waals surface area (Å²) in [6.07, 6.45) is -0.0250. The van der Waals surface area contributed by atoms with E-state index in [1.54, 1.807) is 0 Å².